The highest BCUT2D eigenvalue weighted by Gasteiger charge is 2.32. The number of hydrogen-bond acceptors (Lipinski definition) is 4. The molecule has 16 heavy (non-hydrogen) atoms. The van der Waals surface area contributed by atoms with Crippen molar-refractivity contribution in [2.45, 2.75) is 25.4 Å². The fourth-order valence-electron chi connectivity index (χ4n) is 2.13. The maximum absolute atomic E-state index is 11.7. The van der Waals surface area contributed by atoms with Crippen LogP contribution in [0.5, 0.6) is 0 Å². The van der Waals surface area contributed by atoms with Gasteiger partial charge in [0.15, 0.2) is 0 Å². The average molecular weight is 250 g/mol. The molecule has 0 spiro atoms. The van der Waals surface area contributed by atoms with E-state index in [1.807, 2.05) is 19.0 Å². The van der Waals surface area contributed by atoms with Crippen molar-refractivity contribution in [1.29, 1.82) is 0 Å². The first-order valence-electron chi connectivity index (χ1n) is 5.58. The van der Waals surface area contributed by atoms with E-state index in [0.717, 1.165) is 12.8 Å². The molecule has 1 aliphatic heterocycles. The summed E-state index contributed by atoms with van der Waals surface area (Å²) in [7, 11) is 0.583. The van der Waals surface area contributed by atoms with Crippen LogP contribution in [0.15, 0.2) is 0 Å². The number of aliphatic hydroxyl groups is 1. The number of nitrogens with zero attached hydrogens (tertiary/aromatic N) is 2. The van der Waals surface area contributed by atoms with Gasteiger partial charge in [0.05, 0.1) is 11.4 Å². The molecule has 1 unspecified atom stereocenters. The third-order valence-corrected chi connectivity index (χ3v) is 4.53. The summed E-state index contributed by atoms with van der Waals surface area (Å²) in [4.78, 5) is 1.86. The standard InChI is InChI=1S/C10H22N2O3S/c1-10(13,8-11(2)3)9-12-6-4-5-7-16(12,14)15/h13H,4-9H2,1-3H3. The zero-order valence-electron chi connectivity index (χ0n) is 10.3. The summed E-state index contributed by atoms with van der Waals surface area (Å²) in [5, 5.41) is 10.1. The van der Waals surface area contributed by atoms with Crippen LogP contribution in [0.25, 0.3) is 0 Å². The van der Waals surface area contributed by atoms with Gasteiger partial charge in [-0.25, -0.2) is 8.42 Å². The molecular formula is C10H22N2O3S. The minimum Gasteiger partial charge on any atom is -0.387 e. The van der Waals surface area contributed by atoms with Crippen LogP contribution in [-0.4, -0.2) is 67.8 Å². The zero-order chi connectivity index (χ0) is 12.4. The Morgan fingerprint density at radius 1 is 1.38 bits per heavy atom. The Hall–Kier alpha value is -0.170. The smallest absolute Gasteiger partial charge is 0.214 e. The Morgan fingerprint density at radius 3 is 2.50 bits per heavy atom. The normalized spacial score (nSPS) is 25.6. The number of rotatable bonds is 4. The van der Waals surface area contributed by atoms with E-state index in [1.165, 1.54) is 4.31 Å². The van der Waals surface area contributed by atoms with Gasteiger partial charge in [0.2, 0.25) is 10.0 Å². The van der Waals surface area contributed by atoms with E-state index in [0.29, 0.717) is 13.1 Å². The van der Waals surface area contributed by atoms with Crippen molar-refractivity contribution in [3.8, 4) is 0 Å². The highest BCUT2D eigenvalue weighted by molar-refractivity contribution is 7.89. The molecule has 6 heteroatoms. The first kappa shape index (κ1) is 13.9. The van der Waals surface area contributed by atoms with E-state index >= 15 is 0 Å². The molecule has 0 bridgehead atoms. The van der Waals surface area contributed by atoms with Crippen molar-refractivity contribution in [3.05, 3.63) is 0 Å². The van der Waals surface area contributed by atoms with Crippen LogP contribution < -0.4 is 0 Å². The lowest BCUT2D eigenvalue weighted by Gasteiger charge is -2.34. The van der Waals surface area contributed by atoms with Crippen LogP contribution in [-0.2, 0) is 10.0 Å². The van der Waals surface area contributed by atoms with Crippen molar-refractivity contribution in [2.75, 3.05) is 39.5 Å². The molecule has 0 amide bonds. The van der Waals surface area contributed by atoms with Gasteiger partial charge in [-0.15, -0.1) is 0 Å². The molecule has 96 valence electrons. The molecule has 0 aromatic carbocycles. The summed E-state index contributed by atoms with van der Waals surface area (Å²) < 4.78 is 24.9. The van der Waals surface area contributed by atoms with Crippen molar-refractivity contribution in [1.82, 2.24) is 9.21 Å². The molecule has 5 nitrogen and oxygen atoms in total. The molecule has 0 aromatic heterocycles. The van der Waals surface area contributed by atoms with Gasteiger partial charge in [0.25, 0.3) is 0 Å². The largest absolute Gasteiger partial charge is 0.387 e. The molecule has 1 fully saturated rings. The Kier molecular flexibility index (Phi) is 4.34. The Balaban J connectivity index is 2.65. The van der Waals surface area contributed by atoms with Crippen molar-refractivity contribution in [2.24, 2.45) is 0 Å². The molecule has 0 saturated carbocycles. The monoisotopic (exact) mass is 250 g/mol. The van der Waals surface area contributed by atoms with Crippen LogP contribution in [0.1, 0.15) is 19.8 Å². The second-order valence-corrected chi connectivity index (χ2v) is 7.18. The molecule has 0 aromatic rings. The van der Waals surface area contributed by atoms with E-state index in [-0.39, 0.29) is 12.3 Å². The van der Waals surface area contributed by atoms with E-state index in [9.17, 15) is 13.5 Å². The molecule has 1 rings (SSSR count). The van der Waals surface area contributed by atoms with Gasteiger partial charge in [0.1, 0.15) is 0 Å². The fraction of sp³-hybridized carbons (Fsp3) is 1.00. The molecule has 1 saturated heterocycles. The van der Waals surface area contributed by atoms with Crippen molar-refractivity contribution >= 4 is 10.0 Å². The first-order chi connectivity index (χ1) is 7.23. The number of hydrogen-bond donors (Lipinski definition) is 1. The van der Waals surface area contributed by atoms with Gasteiger partial charge in [-0.1, -0.05) is 0 Å². The molecule has 1 aliphatic rings. The van der Waals surface area contributed by atoms with Crippen LogP contribution >= 0.6 is 0 Å². The Bertz CT molecular complexity index is 325. The number of β-amino-alcohol motifs (C(OH)–C–C–N with tert-alkyl or cyclic N) is 1. The predicted molar refractivity (Wildman–Crippen MR) is 63.8 cm³/mol. The summed E-state index contributed by atoms with van der Waals surface area (Å²) >= 11 is 0. The van der Waals surface area contributed by atoms with Gasteiger partial charge in [-0.3, -0.25) is 0 Å². The quantitative estimate of drug-likeness (QED) is 0.746. The minimum atomic E-state index is -3.14. The predicted octanol–water partition coefficient (Wildman–Crippen LogP) is -0.275. The summed E-state index contributed by atoms with van der Waals surface area (Å²) in [6.45, 7) is 2.86. The van der Waals surface area contributed by atoms with Crippen molar-refractivity contribution < 1.29 is 13.5 Å². The van der Waals surface area contributed by atoms with Crippen LogP contribution in [0.2, 0.25) is 0 Å². The van der Waals surface area contributed by atoms with Gasteiger partial charge in [-0.2, -0.15) is 4.31 Å². The third-order valence-electron chi connectivity index (χ3n) is 2.63. The highest BCUT2D eigenvalue weighted by Crippen LogP contribution is 2.17. The molecule has 0 radical (unpaired) electrons. The summed E-state index contributed by atoms with van der Waals surface area (Å²) in [5.74, 6) is 0.213. The lowest BCUT2D eigenvalue weighted by atomic mass is 10.1. The van der Waals surface area contributed by atoms with Gasteiger partial charge in [0, 0.05) is 19.6 Å². The lowest BCUT2D eigenvalue weighted by Crippen LogP contribution is -2.51. The zero-order valence-corrected chi connectivity index (χ0v) is 11.1. The molecular weight excluding hydrogens is 228 g/mol. The van der Waals surface area contributed by atoms with Crippen LogP contribution in [0.4, 0.5) is 0 Å². The summed E-state index contributed by atoms with van der Waals surface area (Å²) in [5.41, 5.74) is -0.992. The minimum absolute atomic E-state index is 0.188. The van der Waals surface area contributed by atoms with E-state index in [2.05, 4.69) is 0 Å². The second kappa shape index (κ2) is 5.00. The molecule has 1 N–H and O–H groups in total. The maximum Gasteiger partial charge on any atom is 0.214 e. The van der Waals surface area contributed by atoms with Crippen molar-refractivity contribution in [3.63, 3.8) is 0 Å². The Morgan fingerprint density at radius 2 is 2.00 bits per heavy atom. The highest BCUT2D eigenvalue weighted by atomic mass is 32.2. The van der Waals surface area contributed by atoms with Gasteiger partial charge >= 0.3 is 0 Å². The van der Waals surface area contributed by atoms with E-state index < -0.39 is 15.6 Å². The molecule has 1 heterocycles. The van der Waals surface area contributed by atoms with Crippen LogP contribution in [0, 0.1) is 0 Å². The summed E-state index contributed by atoms with van der Waals surface area (Å²) in [6, 6.07) is 0. The average Bonchev–Trinajstić information content (AvgIpc) is 2.05. The van der Waals surface area contributed by atoms with E-state index in [1.54, 1.807) is 6.92 Å². The van der Waals surface area contributed by atoms with Gasteiger partial charge in [-0.05, 0) is 33.9 Å². The number of sulfonamides is 1. The van der Waals surface area contributed by atoms with Crippen LogP contribution in [0.3, 0.4) is 0 Å². The summed E-state index contributed by atoms with van der Waals surface area (Å²) in [6.07, 6.45) is 1.62. The topological polar surface area (TPSA) is 60.9 Å². The fourth-order valence-corrected chi connectivity index (χ4v) is 3.84. The lowest BCUT2D eigenvalue weighted by molar-refractivity contribution is 0.0166. The maximum atomic E-state index is 11.7. The van der Waals surface area contributed by atoms with Gasteiger partial charge < -0.3 is 10.0 Å². The molecule has 0 aliphatic carbocycles. The van der Waals surface area contributed by atoms with E-state index in [4.69, 9.17) is 0 Å². The first-order valence-corrected chi connectivity index (χ1v) is 7.19. The molecule has 1 atom stereocenters. The number of likely N-dealkylation sites (N-methyl/N-ethyl adjacent to an activating group) is 1. The SMILES string of the molecule is CN(C)CC(C)(O)CN1CCCCS1(=O)=O. The second-order valence-electron chi connectivity index (χ2n) is 5.09. The third kappa shape index (κ3) is 4.01. The Labute approximate surface area is 98.1 Å².